The van der Waals surface area contributed by atoms with Gasteiger partial charge in [-0.2, -0.15) is 0 Å². The zero-order chi connectivity index (χ0) is 18.3. The molecule has 4 aromatic rings. The molecule has 2 aromatic carbocycles. The number of fused-ring (bicyclic) bond motifs is 1. The molecule has 9 heteroatoms. The van der Waals surface area contributed by atoms with Crippen molar-refractivity contribution in [1.82, 2.24) is 14.6 Å². The number of rotatable bonds is 4. The molecule has 0 amide bonds. The maximum Gasteiger partial charge on any atom is 0.218 e. The van der Waals surface area contributed by atoms with Gasteiger partial charge in [0.05, 0.1) is 9.48 Å². The molecule has 0 aliphatic carbocycles. The van der Waals surface area contributed by atoms with Crippen LogP contribution in [0.3, 0.4) is 0 Å². The Bertz CT molecular complexity index is 1080. The topological polar surface area (TPSA) is 30.2 Å². The van der Waals surface area contributed by atoms with E-state index >= 15 is 0 Å². The van der Waals surface area contributed by atoms with Gasteiger partial charge in [0.15, 0.2) is 5.16 Å². The molecule has 0 radical (unpaired) electrons. The Morgan fingerprint density at radius 1 is 1.12 bits per heavy atom. The molecule has 0 saturated heterocycles. The summed E-state index contributed by atoms with van der Waals surface area (Å²) in [6.07, 6.45) is 0. The SMILES string of the molecule is Fc1ccc(-c2c(Br)sc3nnc(SCc4c(F)cccc4Cl)n23)cc1. The van der Waals surface area contributed by atoms with Crippen LogP contribution in [0.5, 0.6) is 0 Å². The molecule has 4 rings (SSSR count). The van der Waals surface area contributed by atoms with Gasteiger partial charge in [-0.15, -0.1) is 10.2 Å². The van der Waals surface area contributed by atoms with E-state index in [1.54, 1.807) is 24.3 Å². The largest absolute Gasteiger partial charge is 0.259 e. The molecular weight excluding hydrogens is 464 g/mol. The summed E-state index contributed by atoms with van der Waals surface area (Å²) in [5.74, 6) is -0.331. The van der Waals surface area contributed by atoms with Crippen LogP contribution in [0.4, 0.5) is 8.78 Å². The van der Waals surface area contributed by atoms with Crippen molar-refractivity contribution in [3.8, 4) is 11.3 Å². The maximum atomic E-state index is 14.0. The Kier molecular flexibility index (Phi) is 5.00. The summed E-state index contributed by atoms with van der Waals surface area (Å²) in [5, 5.41) is 9.37. The minimum atomic E-state index is -0.351. The van der Waals surface area contributed by atoms with Crippen LogP contribution in [0.25, 0.3) is 16.2 Å². The smallest absolute Gasteiger partial charge is 0.218 e. The van der Waals surface area contributed by atoms with Crippen molar-refractivity contribution in [3.05, 3.63) is 68.5 Å². The van der Waals surface area contributed by atoms with E-state index < -0.39 is 0 Å². The van der Waals surface area contributed by atoms with Crippen molar-refractivity contribution in [3.63, 3.8) is 0 Å². The van der Waals surface area contributed by atoms with Gasteiger partial charge in [0.25, 0.3) is 0 Å². The van der Waals surface area contributed by atoms with Crippen LogP contribution in [0.15, 0.2) is 51.4 Å². The van der Waals surface area contributed by atoms with Crippen LogP contribution in [0.2, 0.25) is 5.02 Å². The van der Waals surface area contributed by atoms with Gasteiger partial charge in [-0.05, 0) is 52.3 Å². The number of benzene rings is 2. The van der Waals surface area contributed by atoms with E-state index in [0.717, 1.165) is 15.0 Å². The lowest BCUT2D eigenvalue weighted by molar-refractivity contribution is 0.617. The zero-order valence-electron chi connectivity index (χ0n) is 12.9. The summed E-state index contributed by atoms with van der Waals surface area (Å²) in [6, 6.07) is 10.8. The van der Waals surface area contributed by atoms with Crippen molar-refractivity contribution in [2.24, 2.45) is 0 Å². The fraction of sp³-hybridized carbons (Fsp3) is 0.0588. The minimum absolute atomic E-state index is 0.302. The third-order valence-corrected chi connectivity index (χ3v) is 6.71. The Morgan fingerprint density at radius 3 is 2.62 bits per heavy atom. The molecular formula is C17H9BrClF2N3S2. The Labute approximate surface area is 169 Å². The van der Waals surface area contributed by atoms with Gasteiger partial charge in [0.1, 0.15) is 11.6 Å². The molecule has 0 atom stereocenters. The fourth-order valence-corrected chi connectivity index (χ4v) is 5.48. The highest BCUT2D eigenvalue weighted by molar-refractivity contribution is 9.11. The van der Waals surface area contributed by atoms with Gasteiger partial charge in [-0.1, -0.05) is 40.8 Å². The Morgan fingerprint density at radius 2 is 1.88 bits per heavy atom. The molecule has 0 aliphatic heterocycles. The van der Waals surface area contributed by atoms with E-state index in [1.165, 1.54) is 41.3 Å². The highest BCUT2D eigenvalue weighted by Crippen LogP contribution is 2.39. The summed E-state index contributed by atoms with van der Waals surface area (Å²) in [5.41, 5.74) is 2.08. The average molecular weight is 473 g/mol. The predicted octanol–water partition coefficient (Wildman–Crippen LogP) is 6.44. The molecule has 0 N–H and O–H groups in total. The van der Waals surface area contributed by atoms with Crippen LogP contribution >= 0.6 is 50.6 Å². The van der Waals surface area contributed by atoms with Crippen LogP contribution in [0.1, 0.15) is 5.56 Å². The second-order valence-electron chi connectivity index (χ2n) is 5.32. The zero-order valence-corrected chi connectivity index (χ0v) is 16.9. The van der Waals surface area contributed by atoms with E-state index in [-0.39, 0.29) is 11.6 Å². The van der Waals surface area contributed by atoms with Gasteiger partial charge in [0, 0.05) is 21.9 Å². The third-order valence-electron chi connectivity index (χ3n) is 3.72. The molecule has 0 aliphatic rings. The van der Waals surface area contributed by atoms with E-state index in [0.29, 0.717) is 26.5 Å². The number of hydrogen-bond donors (Lipinski definition) is 0. The molecule has 26 heavy (non-hydrogen) atoms. The molecule has 2 aromatic heterocycles. The summed E-state index contributed by atoms with van der Waals surface area (Å²) in [4.78, 5) is 0.693. The second kappa shape index (κ2) is 7.26. The lowest BCUT2D eigenvalue weighted by Crippen LogP contribution is -1.93. The molecule has 0 bridgehead atoms. The first-order chi connectivity index (χ1) is 12.5. The van der Waals surface area contributed by atoms with Crippen molar-refractivity contribution in [2.75, 3.05) is 0 Å². The fourth-order valence-electron chi connectivity index (χ4n) is 2.48. The second-order valence-corrected chi connectivity index (χ2v) is 8.97. The first-order valence-electron chi connectivity index (χ1n) is 7.39. The van der Waals surface area contributed by atoms with Crippen LogP contribution in [0, 0.1) is 11.6 Å². The highest BCUT2D eigenvalue weighted by atomic mass is 79.9. The lowest BCUT2D eigenvalue weighted by Gasteiger charge is -2.06. The number of halogens is 4. The summed E-state index contributed by atoms with van der Waals surface area (Å²) in [7, 11) is 0. The molecule has 3 nitrogen and oxygen atoms in total. The Hall–Kier alpha value is -1.48. The number of thioether (sulfide) groups is 1. The van der Waals surface area contributed by atoms with Gasteiger partial charge in [0.2, 0.25) is 4.96 Å². The molecule has 132 valence electrons. The Balaban J connectivity index is 1.74. The van der Waals surface area contributed by atoms with Crippen molar-refractivity contribution >= 4 is 55.6 Å². The van der Waals surface area contributed by atoms with Crippen LogP contribution in [-0.2, 0) is 5.75 Å². The number of aromatic nitrogens is 3. The quantitative estimate of drug-likeness (QED) is 0.320. The van der Waals surface area contributed by atoms with Crippen molar-refractivity contribution in [2.45, 2.75) is 10.9 Å². The first-order valence-corrected chi connectivity index (χ1v) is 10.4. The number of nitrogens with zero attached hydrogens (tertiary/aromatic N) is 3. The maximum absolute atomic E-state index is 14.0. The van der Waals surface area contributed by atoms with Gasteiger partial charge in [-0.3, -0.25) is 4.40 Å². The van der Waals surface area contributed by atoms with Gasteiger partial charge < -0.3 is 0 Å². The molecule has 0 spiro atoms. The number of thiazole rings is 1. The van der Waals surface area contributed by atoms with Crippen LogP contribution < -0.4 is 0 Å². The normalized spacial score (nSPS) is 11.4. The van der Waals surface area contributed by atoms with E-state index in [1.807, 2.05) is 4.40 Å². The molecule has 0 saturated carbocycles. The molecule has 0 fully saturated rings. The summed E-state index contributed by atoms with van der Waals surface area (Å²) < 4.78 is 30.0. The average Bonchev–Trinajstić information content (AvgIpc) is 3.14. The third kappa shape index (κ3) is 3.26. The predicted molar refractivity (Wildman–Crippen MR) is 105 cm³/mol. The molecule has 0 unspecified atom stereocenters. The first kappa shape index (κ1) is 17.9. The minimum Gasteiger partial charge on any atom is -0.259 e. The van der Waals surface area contributed by atoms with Crippen molar-refractivity contribution in [1.29, 1.82) is 0 Å². The number of hydrogen-bond acceptors (Lipinski definition) is 4. The summed E-state index contributed by atoms with van der Waals surface area (Å²) >= 11 is 12.4. The van der Waals surface area contributed by atoms with E-state index in [4.69, 9.17) is 11.6 Å². The standard InChI is InChI=1S/C17H9BrClF2N3S2/c18-15-14(9-4-6-10(20)7-5-9)24-16(22-23-17(24)26-15)25-8-11-12(19)2-1-3-13(11)21/h1-7H,8H2. The van der Waals surface area contributed by atoms with Crippen molar-refractivity contribution < 1.29 is 8.78 Å². The van der Waals surface area contributed by atoms with Crippen LogP contribution in [-0.4, -0.2) is 14.6 Å². The van der Waals surface area contributed by atoms with Gasteiger partial charge in [-0.25, -0.2) is 8.78 Å². The molecule has 2 heterocycles. The lowest BCUT2D eigenvalue weighted by atomic mass is 10.2. The summed E-state index contributed by atoms with van der Waals surface area (Å²) in [6.45, 7) is 0. The van der Waals surface area contributed by atoms with E-state index in [9.17, 15) is 8.78 Å². The van der Waals surface area contributed by atoms with E-state index in [2.05, 4.69) is 26.1 Å². The highest BCUT2D eigenvalue weighted by Gasteiger charge is 2.19. The monoisotopic (exact) mass is 471 g/mol. The van der Waals surface area contributed by atoms with Gasteiger partial charge >= 0.3 is 0 Å².